The fraction of sp³-hybridized carbons (Fsp3) is 0.742. The van der Waals surface area contributed by atoms with Crippen LogP contribution in [0, 0.1) is 11.8 Å². The van der Waals surface area contributed by atoms with Gasteiger partial charge >= 0.3 is 0 Å². The predicted molar refractivity (Wildman–Crippen MR) is 150 cm³/mol. The summed E-state index contributed by atoms with van der Waals surface area (Å²) in [6.45, 7) is 2.89. The molecule has 6 heteroatoms. The smallest absolute Gasteiger partial charge is 0.234 e. The number of benzene rings is 1. The van der Waals surface area contributed by atoms with Gasteiger partial charge < -0.3 is 16.0 Å². The molecule has 3 fully saturated rings. The van der Waals surface area contributed by atoms with Crippen LogP contribution >= 0.6 is 0 Å². The van der Waals surface area contributed by atoms with Crippen molar-refractivity contribution in [1.82, 2.24) is 15.1 Å². The molecule has 3 N–H and O–H groups in total. The Morgan fingerprint density at radius 2 is 1.65 bits per heavy atom. The maximum atomic E-state index is 14.2. The van der Waals surface area contributed by atoms with Crippen molar-refractivity contribution >= 4 is 11.8 Å². The second-order valence-electron chi connectivity index (χ2n) is 11.8. The van der Waals surface area contributed by atoms with Crippen LogP contribution in [-0.4, -0.2) is 66.4 Å². The van der Waals surface area contributed by atoms with E-state index < -0.39 is 6.04 Å². The standard InChI is InChI=1S/C31H50N4O2/c1-33-29(30(32)36)22-28(25-14-7-3-8-15-25)31(37)35-20-11-18-27(35)23-34(26-16-9-4-10-17-26)21-19-24-12-5-2-6-13-24/h2,5-6,12-13,25-29,33H,3-4,7-11,14-23H2,1H3,(H2,32,36)/t27-,28-,29-/m0/s1. The summed E-state index contributed by atoms with van der Waals surface area (Å²) in [6.07, 6.45) is 16.1. The van der Waals surface area contributed by atoms with E-state index in [-0.39, 0.29) is 23.8 Å². The summed E-state index contributed by atoms with van der Waals surface area (Å²) in [5.41, 5.74) is 7.10. The van der Waals surface area contributed by atoms with Crippen molar-refractivity contribution < 1.29 is 9.59 Å². The quantitative estimate of drug-likeness (QED) is 0.434. The van der Waals surface area contributed by atoms with Gasteiger partial charge in [-0.1, -0.05) is 68.9 Å². The van der Waals surface area contributed by atoms with E-state index in [1.807, 2.05) is 0 Å². The molecule has 0 aromatic heterocycles. The number of hydrogen-bond acceptors (Lipinski definition) is 4. The molecule has 2 amide bonds. The number of likely N-dealkylation sites (tertiary alicyclic amines) is 1. The Morgan fingerprint density at radius 1 is 0.973 bits per heavy atom. The van der Waals surface area contributed by atoms with Gasteiger partial charge in [-0.25, -0.2) is 0 Å². The van der Waals surface area contributed by atoms with E-state index in [1.54, 1.807) is 7.05 Å². The Labute approximate surface area is 224 Å². The van der Waals surface area contributed by atoms with Crippen LogP contribution in [0.5, 0.6) is 0 Å². The maximum absolute atomic E-state index is 14.2. The second kappa shape index (κ2) is 14.3. The van der Waals surface area contributed by atoms with Crippen molar-refractivity contribution in [2.24, 2.45) is 17.6 Å². The molecular weight excluding hydrogens is 460 g/mol. The fourth-order valence-electron chi connectivity index (χ4n) is 7.25. The van der Waals surface area contributed by atoms with Gasteiger partial charge in [0.05, 0.1) is 6.04 Å². The van der Waals surface area contributed by atoms with Gasteiger partial charge in [-0.2, -0.15) is 0 Å². The number of likely N-dealkylation sites (N-methyl/N-ethyl adjacent to an activating group) is 1. The predicted octanol–water partition coefficient (Wildman–Crippen LogP) is 4.51. The molecule has 37 heavy (non-hydrogen) atoms. The van der Waals surface area contributed by atoms with Crippen molar-refractivity contribution in [3.63, 3.8) is 0 Å². The number of nitrogens with one attached hydrogen (secondary N) is 1. The maximum Gasteiger partial charge on any atom is 0.234 e. The van der Waals surface area contributed by atoms with Crippen LogP contribution in [0.15, 0.2) is 30.3 Å². The zero-order chi connectivity index (χ0) is 26.0. The topological polar surface area (TPSA) is 78.7 Å². The summed E-state index contributed by atoms with van der Waals surface area (Å²) < 4.78 is 0. The van der Waals surface area contributed by atoms with Crippen LogP contribution in [0.1, 0.15) is 89.0 Å². The van der Waals surface area contributed by atoms with Crippen molar-refractivity contribution in [1.29, 1.82) is 0 Å². The second-order valence-corrected chi connectivity index (χ2v) is 11.8. The van der Waals surface area contributed by atoms with Gasteiger partial charge in [-0.15, -0.1) is 0 Å². The van der Waals surface area contributed by atoms with Crippen molar-refractivity contribution in [3.8, 4) is 0 Å². The van der Waals surface area contributed by atoms with E-state index >= 15 is 0 Å². The highest BCUT2D eigenvalue weighted by Crippen LogP contribution is 2.36. The fourth-order valence-corrected chi connectivity index (χ4v) is 7.25. The first-order valence-electron chi connectivity index (χ1n) is 15.1. The van der Waals surface area contributed by atoms with Gasteiger partial charge in [0.15, 0.2) is 0 Å². The molecule has 1 aliphatic heterocycles. The Hall–Kier alpha value is -1.92. The van der Waals surface area contributed by atoms with Crippen LogP contribution in [0.2, 0.25) is 0 Å². The molecule has 0 radical (unpaired) electrons. The zero-order valence-corrected chi connectivity index (χ0v) is 23.1. The lowest BCUT2D eigenvalue weighted by Crippen LogP contribution is -2.51. The summed E-state index contributed by atoms with van der Waals surface area (Å²) >= 11 is 0. The molecule has 1 aromatic rings. The van der Waals surface area contributed by atoms with E-state index in [0.717, 1.165) is 51.7 Å². The first kappa shape index (κ1) is 28.1. The SMILES string of the molecule is CN[C@@H](C[C@H](C(=O)N1CCC[C@H]1CN(CCc1ccccc1)C1CCCCC1)C1CCCCC1)C(N)=O. The number of nitrogens with zero attached hydrogens (tertiary/aromatic N) is 2. The van der Waals surface area contributed by atoms with Crippen molar-refractivity contribution in [2.45, 2.75) is 108 Å². The van der Waals surface area contributed by atoms with Crippen LogP contribution in [0.25, 0.3) is 0 Å². The summed E-state index contributed by atoms with van der Waals surface area (Å²) in [7, 11) is 1.78. The molecule has 206 valence electrons. The lowest BCUT2D eigenvalue weighted by Gasteiger charge is -2.40. The van der Waals surface area contributed by atoms with Gasteiger partial charge in [0.2, 0.25) is 11.8 Å². The average Bonchev–Trinajstić information content (AvgIpc) is 3.41. The summed E-state index contributed by atoms with van der Waals surface area (Å²) in [5, 5.41) is 3.08. The lowest BCUT2D eigenvalue weighted by molar-refractivity contribution is -0.140. The molecule has 0 spiro atoms. The minimum absolute atomic E-state index is 0.113. The molecule has 0 bridgehead atoms. The molecule has 1 aromatic carbocycles. The summed E-state index contributed by atoms with van der Waals surface area (Å²) in [5.74, 6) is 0.185. The highest BCUT2D eigenvalue weighted by atomic mass is 16.2. The third kappa shape index (κ3) is 7.79. The van der Waals surface area contributed by atoms with Crippen molar-refractivity contribution in [3.05, 3.63) is 35.9 Å². The Bertz CT molecular complexity index is 835. The van der Waals surface area contributed by atoms with Gasteiger partial charge in [-0.05, 0) is 69.9 Å². The molecule has 3 atom stereocenters. The van der Waals surface area contributed by atoms with Crippen LogP contribution in [0.4, 0.5) is 0 Å². The van der Waals surface area contributed by atoms with Crippen LogP contribution in [-0.2, 0) is 16.0 Å². The van der Waals surface area contributed by atoms with E-state index in [2.05, 4.69) is 45.4 Å². The molecule has 6 nitrogen and oxygen atoms in total. The summed E-state index contributed by atoms with van der Waals surface area (Å²) in [4.78, 5) is 31.2. The summed E-state index contributed by atoms with van der Waals surface area (Å²) in [6, 6.07) is 11.3. The van der Waals surface area contributed by atoms with Crippen LogP contribution < -0.4 is 11.1 Å². The zero-order valence-electron chi connectivity index (χ0n) is 23.1. The monoisotopic (exact) mass is 510 g/mol. The first-order valence-corrected chi connectivity index (χ1v) is 15.1. The molecule has 1 saturated heterocycles. The number of primary amides is 1. The first-order chi connectivity index (χ1) is 18.1. The largest absolute Gasteiger partial charge is 0.368 e. The highest BCUT2D eigenvalue weighted by molar-refractivity contribution is 5.83. The number of rotatable bonds is 12. The normalized spacial score (nSPS) is 23.3. The number of hydrogen-bond donors (Lipinski definition) is 2. The molecule has 2 saturated carbocycles. The van der Waals surface area contributed by atoms with E-state index in [4.69, 9.17) is 5.73 Å². The molecule has 2 aliphatic carbocycles. The molecular formula is C31H50N4O2. The Kier molecular flexibility index (Phi) is 10.9. The van der Waals surface area contributed by atoms with Gasteiger partial charge in [0.1, 0.15) is 0 Å². The lowest BCUT2D eigenvalue weighted by atomic mass is 9.76. The van der Waals surface area contributed by atoms with Gasteiger partial charge in [0, 0.05) is 37.6 Å². The van der Waals surface area contributed by atoms with Crippen LogP contribution in [0.3, 0.4) is 0 Å². The van der Waals surface area contributed by atoms with E-state index in [9.17, 15) is 9.59 Å². The number of nitrogens with two attached hydrogens (primary N) is 1. The third-order valence-corrected chi connectivity index (χ3v) is 9.44. The van der Waals surface area contributed by atoms with E-state index in [1.165, 1.54) is 56.9 Å². The van der Waals surface area contributed by atoms with Gasteiger partial charge in [-0.3, -0.25) is 14.5 Å². The molecule has 1 heterocycles. The third-order valence-electron chi connectivity index (χ3n) is 9.44. The minimum Gasteiger partial charge on any atom is -0.368 e. The number of carbonyl (C=O) groups is 2. The number of carbonyl (C=O) groups excluding carboxylic acids is 2. The molecule has 3 aliphatic rings. The van der Waals surface area contributed by atoms with Gasteiger partial charge in [0.25, 0.3) is 0 Å². The highest BCUT2D eigenvalue weighted by Gasteiger charge is 2.40. The molecule has 4 rings (SSSR count). The average molecular weight is 511 g/mol. The van der Waals surface area contributed by atoms with Crippen molar-refractivity contribution in [2.75, 3.05) is 26.7 Å². The molecule has 0 unspecified atom stereocenters. The number of amides is 2. The Morgan fingerprint density at radius 3 is 2.30 bits per heavy atom. The van der Waals surface area contributed by atoms with E-state index in [0.29, 0.717) is 18.4 Å². The minimum atomic E-state index is -0.443. The Balaban J connectivity index is 1.47.